The molecule has 0 spiro atoms. The van der Waals surface area contributed by atoms with E-state index in [2.05, 4.69) is 15.3 Å². The Hall–Kier alpha value is -0.650. The van der Waals surface area contributed by atoms with E-state index in [9.17, 15) is 9.90 Å². The molecule has 5 nitrogen and oxygen atoms in total. The van der Waals surface area contributed by atoms with E-state index in [0.717, 1.165) is 12.7 Å². The van der Waals surface area contributed by atoms with Gasteiger partial charge in [-0.25, -0.2) is 4.98 Å². The summed E-state index contributed by atoms with van der Waals surface area (Å²) in [7, 11) is 0. The minimum atomic E-state index is -1.31. The molecular formula is C9H12N3NaO2. The Morgan fingerprint density at radius 3 is 2.73 bits per heavy atom. The maximum absolute atomic E-state index is 10.4. The Bertz CT molecular complexity index is 331. The van der Waals surface area contributed by atoms with Gasteiger partial charge in [0.2, 0.25) is 0 Å². The second-order valence-electron chi connectivity index (χ2n) is 3.35. The van der Waals surface area contributed by atoms with Gasteiger partial charge in [0.05, 0.1) is 18.4 Å². The van der Waals surface area contributed by atoms with Crippen molar-refractivity contribution in [1.29, 1.82) is 0 Å². The van der Waals surface area contributed by atoms with Crippen molar-refractivity contribution in [3.63, 3.8) is 0 Å². The SMILES string of the molecule is CC(C)CNc1cncc(C(=O)[O-])n1.[Na+]. The number of hydrogen-bond acceptors (Lipinski definition) is 5. The van der Waals surface area contributed by atoms with Crippen LogP contribution in [0.2, 0.25) is 0 Å². The van der Waals surface area contributed by atoms with Gasteiger partial charge in [-0.1, -0.05) is 13.8 Å². The first-order valence-electron chi connectivity index (χ1n) is 4.37. The molecule has 1 heterocycles. The number of rotatable bonds is 4. The third-order valence-electron chi connectivity index (χ3n) is 1.54. The number of carboxylic acids is 1. The summed E-state index contributed by atoms with van der Waals surface area (Å²) < 4.78 is 0. The van der Waals surface area contributed by atoms with Crippen LogP contribution >= 0.6 is 0 Å². The maximum Gasteiger partial charge on any atom is 1.00 e. The molecular weight excluding hydrogens is 205 g/mol. The van der Waals surface area contributed by atoms with E-state index in [-0.39, 0.29) is 35.3 Å². The molecule has 0 aromatic carbocycles. The molecule has 0 bridgehead atoms. The molecule has 76 valence electrons. The van der Waals surface area contributed by atoms with E-state index >= 15 is 0 Å². The fourth-order valence-electron chi connectivity index (χ4n) is 0.858. The first-order chi connectivity index (χ1) is 6.59. The fourth-order valence-corrected chi connectivity index (χ4v) is 0.858. The molecule has 0 amide bonds. The van der Waals surface area contributed by atoms with Crippen LogP contribution in [0.5, 0.6) is 0 Å². The van der Waals surface area contributed by atoms with E-state index in [4.69, 9.17) is 0 Å². The molecule has 0 aliphatic carbocycles. The average Bonchev–Trinajstić information content (AvgIpc) is 2.15. The third-order valence-corrected chi connectivity index (χ3v) is 1.54. The molecule has 0 aliphatic heterocycles. The topological polar surface area (TPSA) is 77.9 Å². The zero-order valence-corrected chi connectivity index (χ0v) is 11.2. The van der Waals surface area contributed by atoms with Crippen LogP contribution in [0.4, 0.5) is 5.82 Å². The van der Waals surface area contributed by atoms with Crippen LogP contribution in [0, 0.1) is 5.92 Å². The van der Waals surface area contributed by atoms with Crippen molar-refractivity contribution in [2.75, 3.05) is 11.9 Å². The zero-order valence-electron chi connectivity index (χ0n) is 9.15. The van der Waals surface area contributed by atoms with Gasteiger partial charge in [-0.05, 0) is 5.92 Å². The normalized spacial score (nSPS) is 9.53. The molecule has 1 aromatic heterocycles. The number of carboxylic acid groups (broad SMARTS) is 1. The van der Waals surface area contributed by atoms with Crippen LogP contribution in [0.15, 0.2) is 12.4 Å². The molecule has 1 N–H and O–H groups in total. The number of aromatic nitrogens is 2. The Kier molecular flexibility index (Phi) is 6.47. The molecule has 0 aliphatic rings. The van der Waals surface area contributed by atoms with E-state index < -0.39 is 5.97 Å². The largest absolute Gasteiger partial charge is 1.00 e. The van der Waals surface area contributed by atoms with Crippen molar-refractivity contribution < 1.29 is 39.5 Å². The Morgan fingerprint density at radius 1 is 1.53 bits per heavy atom. The molecule has 0 saturated heterocycles. The minimum absolute atomic E-state index is 0. The van der Waals surface area contributed by atoms with E-state index in [1.165, 1.54) is 6.20 Å². The van der Waals surface area contributed by atoms with Gasteiger partial charge < -0.3 is 15.2 Å². The average molecular weight is 217 g/mol. The van der Waals surface area contributed by atoms with Crippen LogP contribution in [0.3, 0.4) is 0 Å². The zero-order chi connectivity index (χ0) is 10.6. The van der Waals surface area contributed by atoms with Crippen molar-refractivity contribution in [2.45, 2.75) is 13.8 Å². The summed E-state index contributed by atoms with van der Waals surface area (Å²) in [6.45, 7) is 4.82. The van der Waals surface area contributed by atoms with Gasteiger partial charge in [0.15, 0.2) is 0 Å². The molecule has 6 heteroatoms. The molecule has 0 radical (unpaired) electrons. The minimum Gasteiger partial charge on any atom is -0.543 e. The maximum atomic E-state index is 10.4. The number of nitrogens with one attached hydrogen (secondary N) is 1. The van der Waals surface area contributed by atoms with Crippen LogP contribution in [-0.4, -0.2) is 22.5 Å². The molecule has 0 unspecified atom stereocenters. The second-order valence-corrected chi connectivity index (χ2v) is 3.35. The van der Waals surface area contributed by atoms with Gasteiger partial charge in [0, 0.05) is 6.54 Å². The number of aromatic carboxylic acids is 1. The molecule has 1 rings (SSSR count). The summed E-state index contributed by atoms with van der Waals surface area (Å²) in [5.41, 5.74) is -0.154. The monoisotopic (exact) mass is 217 g/mol. The standard InChI is InChI=1S/C9H13N3O2.Na/c1-6(2)3-11-8-5-10-4-7(12-8)9(13)14;/h4-6H,3H2,1-2H3,(H,11,12)(H,13,14);/q;+1/p-1. The van der Waals surface area contributed by atoms with Gasteiger partial charge in [-0.15, -0.1) is 0 Å². The van der Waals surface area contributed by atoms with Crippen molar-refractivity contribution in [2.24, 2.45) is 5.92 Å². The van der Waals surface area contributed by atoms with Crippen LogP contribution < -0.4 is 40.0 Å². The number of carbonyl (C=O) groups excluding carboxylic acids is 1. The second kappa shape index (κ2) is 6.76. The van der Waals surface area contributed by atoms with E-state index in [0.29, 0.717) is 11.7 Å². The van der Waals surface area contributed by atoms with Gasteiger partial charge in [-0.3, -0.25) is 4.98 Å². The smallest absolute Gasteiger partial charge is 0.543 e. The van der Waals surface area contributed by atoms with E-state index in [1.54, 1.807) is 0 Å². The van der Waals surface area contributed by atoms with Crippen LogP contribution in [0.1, 0.15) is 24.3 Å². The van der Waals surface area contributed by atoms with Gasteiger partial charge in [0.25, 0.3) is 0 Å². The summed E-state index contributed by atoms with van der Waals surface area (Å²) in [4.78, 5) is 18.0. The van der Waals surface area contributed by atoms with Crippen molar-refractivity contribution in [1.82, 2.24) is 9.97 Å². The van der Waals surface area contributed by atoms with Crippen molar-refractivity contribution >= 4 is 11.8 Å². The van der Waals surface area contributed by atoms with Gasteiger partial charge in [-0.2, -0.15) is 0 Å². The fraction of sp³-hybridized carbons (Fsp3) is 0.444. The summed E-state index contributed by atoms with van der Waals surface area (Å²) in [6, 6.07) is 0. The summed E-state index contributed by atoms with van der Waals surface area (Å²) in [6.07, 6.45) is 2.64. The van der Waals surface area contributed by atoms with Crippen molar-refractivity contribution in [3.05, 3.63) is 18.1 Å². The molecule has 0 fully saturated rings. The Balaban J connectivity index is 0.00000196. The first kappa shape index (κ1) is 14.3. The van der Waals surface area contributed by atoms with Crippen LogP contribution in [-0.2, 0) is 0 Å². The predicted octanol–water partition coefficient (Wildman–Crippen LogP) is -3.09. The number of hydrogen-bond donors (Lipinski definition) is 1. The summed E-state index contributed by atoms with van der Waals surface area (Å²) in [5.74, 6) is -0.394. The third kappa shape index (κ3) is 5.11. The number of anilines is 1. The quantitative estimate of drug-likeness (QED) is 0.541. The molecule has 0 saturated carbocycles. The Labute approximate surface area is 111 Å². The van der Waals surface area contributed by atoms with Gasteiger partial charge in [0.1, 0.15) is 11.5 Å². The van der Waals surface area contributed by atoms with Gasteiger partial charge >= 0.3 is 29.6 Å². The van der Waals surface area contributed by atoms with Crippen molar-refractivity contribution in [3.8, 4) is 0 Å². The summed E-state index contributed by atoms with van der Waals surface area (Å²) >= 11 is 0. The number of carbonyl (C=O) groups is 1. The van der Waals surface area contributed by atoms with Crippen LogP contribution in [0.25, 0.3) is 0 Å². The number of nitrogens with zero attached hydrogens (tertiary/aromatic N) is 2. The van der Waals surface area contributed by atoms with E-state index in [1.807, 2.05) is 13.8 Å². The molecule has 1 aromatic rings. The first-order valence-corrected chi connectivity index (χ1v) is 4.37. The molecule has 15 heavy (non-hydrogen) atoms. The predicted molar refractivity (Wildman–Crippen MR) is 49.7 cm³/mol. The Morgan fingerprint density at radius 2 is 2.20 bits per heavy atom. The molecule has 0 atom stereocenters. The summed E-state index contributed by atoms with van der Waals surface area (Å²) in [5, 5.41) is 13.4.